The van der Waals surface area contributed by atoms with Crippen LogP contribution >= 0.6 is 34.4 Å². The second-order valence-electron chi connectivity index (χ2n) is 6.51. The number of amides is 1. The molecule has 4 aromatic rings. The van der Waals surface area contributed by atoms with E-state index < -0.39 is 0 Å². The quantitative estimate of drug-likeness (QED) is 0.438. The van der Waals surface area contributed by atoms with E-state index in [2.05, 4.69) is 21.4 Å². The molecule has 0 fully saturated rings. The Bertz CT molecular complexity index is 1170. The van der Waals surface area contributed by atoms with E-state index in [0.717, 1.165) is 33.3 Å². The third kappa shape index (κ3) is 4.28. The second-order valence-corrected chi connectivity index (χ2v) is 9.47. The van der Waals surface area contributed by atoms with Crippen LogP contribution in [0.2, 0.25) is 0 Å². The highest BCUT2D eigenvalue weighted by Gasteiger charge is 2.14. The SMILES string of the molecule is O=C(CSCc1nc2ccccc2s1)Nc1nc(-c2ccc3c(c2)OCCO3)cs1. The summed E-state index contributed by atoms with van der Waals surface area (Å²) < 4.78 is 12.4. The van der Waals surface area contributed by atoms with E-state index in [1.165, 1.54) is 16.0 Å². The molecule has 0 unspecified atom stereocenters. The molecule has 1 N–H and O–H groups in total. The Morgan fingerprint density at radius 2 is 1.97 bits per heavy atom. The zero-order valence-electron chi connectivity index (χ0n) is 15.8. The van der Waals surface area contributed by atoms with Crippen LogP contribution in [-0.4, -0.2) is 34.8 Å². The number of nitrogens with zero attached hydrogens (tertiary/aromatic N) is 2. The van der Waals surface area contributed by atoms with Gasteiger partial charge in [0.1, 0.15) is 18.2 Å². The van der Waals surface area contributed by atoms with Crippen LogP contribution in [-0.2, 0) is 10.5 Å². The van der Waals surface area contributed by atoms with Crippen LogP contribution in [0.25, 0.3) is 21.5 Å². The average Bonchev–Trinajstić information content (AvgIpc) is 3.40. The van der Waals surface area contributed by atoms with E-state index in [4.69, 9.17) is 9.47 Å². The number of thioether (sulfide) groups is 1. The number of hydrogen-bond acceptors (Lipinski definition) is 8. The zero-order chi connectivity index (χ0) is 20.3. The number of ether oxygens (including phenoxy) is 2. The number of nitrogens with one attached hydrogen (secondary N) is 1. The van der Waals surface area contributed by atoms with Gasteiger partial charge in [0.2, 0.25) is 5.91 Å². The second kappa shape index (κ2) is 8.63. The van der Waals surface area contributed by atoms with Gasteiger partial charge in [0, 0.05) is 16.7 Å². The number of aromatic nitrogens is 2. The predicted octanol–water partition coefficient (Wildman–Crippen LogP) is 5.06. The first-order valence-corrected chi connectivity index (χ1v) is 12.2. The molecule has 0 spiro atoms. The molecule has 30 heavy (non-hydrogen) atoms. The van der Waals surface area contributed by atoms with Crippen molar-refractivity contribution < 1.29 is 14.3 Å². The lowest BCUT2D eigenvalue weighted by atomic mass is 10.1. The number of rotatable bonds is 6. The molecular weight excluding hydrogens is 438 g/mol. The monoisotopic (exact) mass is 455 g/mol. The first-order chi connectivity index (χ1) is 14.7. The Balaban J connectivity index is 1.16. The van der Waals surface area contributed by atoms with Crippen molar-refractivity contribution in [2.75, 3.05) is 24.3 Å². The third-order valence-electron chi connectivity index (χ3n) is 4.39. The van der Waals surface area contributed by atoms with Crippen molar-refractivity contribution in [1.29, 1.82) is 0 Å². The van der Waals surface area contributed by atoms with Gasteiger partial charge < -0.3 is 14.8 Å². The maximum absolute atomic E-state index is 12.3. The van der Waals surface area contributed by atoms with Crippen molar-refractivity contribution >= 4 is 55.7 Å². The molecule has 1 aliphatic heterocycles. The van der Waals surface area contributed by atoms with Crippen LogP contribution in [0.5, 0.6) is 11.5 Å². The Hall–Kier alpha value is -2.62. The summed E-state index contributed by atoms with van der Waals surface area (Å²) in [6, 6.07) is 13.8. The number of thiazole rings is 2. The molecule has 0 radical (unpaired) electrons. The van der Waals surface area contributed by atoms with Gasteiger partial charge in [0.15, 0.2) is 16.6 Å². The molecule has 152 valence electrons. The van der Waals surface area contributed by atoms with Gasteiger partial charge in [0.05, 0.1) is 21.7 Å². The molecular formula is C21H17N3O3S3. The summed E-state index contributed by atoms with van der Waals surface area (Å²) in [7, 11) is 0. The minimum atomic E-state index is -0.0656. The molecule has 1 amide bonds. The number of para-hydroxylation sites is 1. The Kier molecular flexibility index (Phi) is 5.56. The summed E-state index contributed by atoms with van der Waals surface area (Å²) in [6.45, 7) is 1.11. The fourth-order valence-electron chi connectivity index (χ4n) is 3.03. The number of anilines is 1. The van der Waals surface area contributed by atoms with Crippen LogP contribution in [0.15, 0.2) is 47.8 Å². The summed E-state index contributed by atoms with van der Waals surface area (Å²) >= 11 is 4.63. The molecule has 3 heterocycles. The number of carbonyl (C=O) groups is 1. The van der Waals surface area contributed by atoms with Gasteiger partial charge in [-0.25, -0.2) is 9.97 Å². The smallest absolute Gasteiger partial charge is 0.236 e. The lowest BCUT2D eigenvalue weighted by molar-refractivity contribution is -0.113. The largest absolute Gasteiger partial charge is 0.486 e. The van der Waals surface area contributed by atoms with Crippen LogP contribution in [0.3, 0.4) is 0 Å². The summed E-state index contributed by atoms with van der Waals surface area (Å²) in [6.07, 6.45) is 0. The molecule has 1 aliphatic rings. The first-order valence-electron chi connectivity index (χ1n) is 9.32. The van der Waals surface area contributed by atoms with E-state index in [1.807, 2.05) is 41.8 Å². The summed E-state index contributed by atoms with van der Waals surface area (Å²) in [5.41, 5.74) is 2.74. The number of hydrogen-bond donors (Lipinski definition) is 1. The summed E-state index contributed by atoms with van der Waals surface area (Å²) in [4.78, 5) is 21.4. The molecule has 5 rings (SSSR count). The normalized spacial score (nSPS) is 12.8. The van der Waals surface area contributed by atoms with E-state index in [0.29, 0.717) is 29.9 Å². The summed E-state index contributed by atoms with van der Waals surface area (Å²) in [5, 5.41) is 6.43. The fourth-order valence-corrected chi connectivity index (χ4v) is 5.62. The molecule has 2 aromatic carbocycles. The molecule has 0 saturated carbocycles. The molecule has 6 nitrogen and oxygen atoms in total. The summed E-state index contributed by atoms with van der Waals surface area (Å²) in [5.74, 6) is 2.48. The first kappa shape index (κ1) is 19.3. The minimum Gasteiger partial charge on any atom is -0.486 e. The number of benzene rings is 2. The van der Waals surface area contributed by atoms with E-state index >= 15 is 0 Å². The van der Waals surface area contributed by atoms with Gasteiger partial charge in [-0.05, 0) is 30.3 Å². The third-order valence-corrected chi connectivity index (χ3v) is 7.31. The van der Waals surface area contributed by atoms with Gasteiger partial charge in [-0.1, -0.05) is 12.1 Å². The van der Waals surface area contributed by atoms with Crippen molar-refractivity contribution in [3.05, 3.63) is 52.9 Å². The maximum Gasteiger partial charge on any atom is 0.236 e. The van der Waals surface area contributed by atoms with Crippen LogP contribution < -0.4 is 14.8 Å². The molecule has 0 bridgehead atoms. The van der Waals surface area contributed by atoms with Crippen LogP contribution in [0.4, 0.5) is 5.13 Å². The standard InChI is InChI=1S/C21H17N3O3S3/c25-19(11-28-12-20-22-14-3-1-2-4-18(14)30-20)24-21-23-15(10-29-21)13-5-6-16-17(9-13)27-8-7-26-16/h1-6,9-10H,7-8,11-12H2,(H,23,24,25). The topological polar surface area (TPSA) is 73.3 Å². The lowest BCUT2D eigenvalue weighted by Gasteiger charge is -2.18. The van der Waals surface area contributed by atoms with Gasteiger partial charge in [0.25, 0.3) is 0 Å². The molecule has 0 saturated heterocycles. The minimum absolute atomic E-state index is 0.0656. The van der Waals surface area contributed by atoms with Crippen LogP contribution in [0, 0.1) is 0 Å². The highest BCUT2D eigenvalue weighted by Crippen LogP contribution is 2.35. The lowest BCUT2D eigenvalue weighted by Crippen LogP contribution is -2.15. The van der Waals surface area contributed by atoms with Crippen molar-refractivity contribution in [2.45, 2.75) is 5.75 Å². The predicted molar refractivity (Wildman–Crippen MR) is 123 cm³/mol. The van der Waals surface area contributed by atoms with Gasteiger partial charge in [-0.15, -0.1) is 34.4 Å². The van der Waals surface area contributed by atoms with Gasteiger partial charge in [-0.3, -0.25) is 4.79 Å². The Morgan fingerprint density at radius 1 is 1.10 bits per heavy atom. The van der Waals surface area contributed by atoms with Crippen LogP contribution in [0.1, 0.15) is 5.01 Å². The molecule has 0 aliphatic carbocycles. The van der Waals surface area contributed by atoms with Gasteiger partial charge >= 0.3 is 0 Å². The van der Waals surface area contributed by atoms with Crippen molar-refractivity contribution in [3.63, 3.8) is 0 Å². The molecule has 0 atom stereocenters. The molecule has 2 aromatic heterocycles. The maximum atomic E-state index is 12.3. The van der Waals surface area contributed by atoms with Crippen molar-refractivity contribution in [2.24, 2.45) is 0 Å². The van der Waals surface area contributed by atoms with Crippen molar-refractivity contribution in [1.82, 2.24) is 9.97 Å². The Labute approximate surface area is 185 Å². The van der Waals surface area contributed by atoms with E-state index in [-0.39, 0.29) is 5.91 Å². The number of carbonyl (C=O) groups excluding carboxylic acids is 1. The van der Waals surface area contributed by atoms with E-state index in [1.54, 1.807) is 23.1 Å². The highest BCUT2D eigenvalue weighted by atomic mass is 32.2. The number of fused-ring (bicyclic) bond motifs is 2. The van der Waals surface area contributed by atoms with Crippen molar-refractivity contribution in [3.8, 4) is 22.8 Å². The molecule has 9 heteroatoms. The highest BCUT2D eigenvalue weighted by molar-refractivity contribution is 7.99. The fraction of sp³-hybridized carbons (Fsp3) is 0.190. The average molecular weight is 456 g/mol. The van der Waals surface area contributed by atoms with Gasteiger partial charge in [-0.2, -0.15) is 0 Å². The Morgan fingerprint density at radius 3 is 2.87 bits per heavy atom. The van der Waals surface area contributed by atoms with E-state index in [9.17, 15) is 4.79 Å². The zero-order valence-corrected chi connectivity index (χ0v) is 18.2.